The maximum atomic E-state index is 13.4. The van der Waals surface area contributed by atoms with Gasteiger partial charge in [-0.15, -0.1) is 0 Å². The highest BCUT2D eigenvalue weighted by Gasteiger charge is 2.59. The van der Waals surface area contributed by atoms with Crippen LogP contribution in [-0.2, 0) is 4.74 Å². The Kier molecular flexibility index (Phi) is 8.32. The summed E-state index contributed by atoms with van der Waals surface area (Å²) in [5.74, 6) is 0.667. The first-order valence-electron chi connectivity index (χ1n) is 11.2. The van der Waals surface area contributed by atoms with Crippen LogP contribution >= 0.6 is 0 Å². The highest BCUT2D eigenvalue weighted by Crippen LogP contribution is 2.39. The number of benzene rings is 2. The van der Waals surface area contributed by atoms with Crippen molar-refractivity contribution < 1.29 is 35.8 Å². The Balaban J connectivity index is 1.57. The molecule has 2 aromatic carbocycles. The van der Waals surface area contributed by atoms with Gasteiger partial charge in [-0.1, -0.05) is 36.4 Å². The number of hydrogen-bond donors (Lipinski definition) is 0. The van der Waals surface area contributed by atoms with Crippen molar-refractivity contribution in [3.05, 3.63) is 54.1 Å². The van der Waals surface area contributed by atoms with Crippen molar-refractivity contribution >= 4 is 0 Å². The second kappa shape index (κ2) is 10.8. The topological polar surface area (TPSA) is 18.5 Å². The predicted octanol–water partition coefficient (Wildman–Crippen LogP) is 7.93. The number of alkyl halides is 6. The monoisotopic (exact) mass is 474 g/mol. The fraction of sp³-hybridized carbons (Fsp3) is 0.520. The van der Waals surface area contributed by atoms with Gasteiger partial charge in [-0.25, -0.2) is 4.39 Å². The van der Waals surface area contributed by atoms with E-state index in [2.05, 4.69) is 16.9 Å². The van der Waals surface area contributed by atoms with E-state index in [0.717, 1.165) is 50.2 Å². The molecule has 1 aliphatic carbocycles. The fourth-order valence-electron chi connectivity index (χ4n) is 4.24. The SMILES string of the molecule is CCOCCC1CCC(c2ccc(-c3ccc(OC(F)(F)C(F)C(F)(F)F)cc3)cc2)CC1. The van der Waals surface area contributed by atoms with Crippen molar-refractivity contribution in [2.45, 2.75) is 63.4 Å². The minimum atomic E-state index is -5.71. The molecule has 1 unspecified atom stereocenters. The fourth-order valence-corrected chi connectivity index (χ4v) is 4.24. The summed E-state index contributed by atoms with van der Waals surface area (Å²) in [4.78, 5) is 0. The summed E-state index contributed by atoms with van der Waals surface area (Å²) >= 11 is 0. The van der Waals surface area contributed by atoms with Crippen molar-refractivity contribution in [2.75, 3.05) is 13.2 Å². The van der Waals surface area contributed by atoms with E-state index in [-0.39, 0.29) is 0 Å². The van der Waals surface area contributed by atoms with Gasteiger partial charge < -0.3 is 9.47 Å². The predicted molar refractivity (Wildman–Crippen MR) is 114 cm³/mol. The third-order valence-electron chi connectivity index (χ3n) is 6.13. The number of rotatable bonds is 9. The molecule has 1 aliphatic rings. The van der Waals surface area contributed by atoms with Gasteiger partial charge in [0.2, 0.25) is 0 Å². The van der Waals surface area contributed by atoms with Crippen LogP contribution in [0.25, 0.3) is 11.1 Å². The minimum Gasteiger partial charge on any atom is -0.430 e. The first-order valence-corrected chi connectivity index (χ1v) is 11.2. The molecule has 0 saturated heterocycles. The van der Waals surface area contributed by atoms with Gasteiger partial charge in [0.05, 0.1) is 0 Å². The number of ether oxygens (including phenoxy) is 2. The number of hydrogen-bond acceptors (Lipinski definition) is 2. The normalized spacial score (nSPS) is 20.5. The molecule has 0 radical (unpaired) electrons. The maximum absolute atomic E-state index is 13.4. The highest BCUT2D eigenvalue weighted by molar-refractivity contribution is 5.64. The summed E-state index contributed by atoms with van der Waals surface area (Å²) in [5.41, 5.74) is 2.77. The molecule has 0 amide bonds. The molecule has 1 saturated carbocycles. The molecule has 0 heterocycles. The third kappa shape index (κ3) is 6.88. The van der Waals surface area contributed by atoms with E-state index >= 15 is 0 Å². The zero-order valence-electron chi connectivity index (χ0n) is 18.4. The Morgan fingerprint density at radius 1 is 0.848 bits per heavy atom. The van der Waals surface area contributed by atoms with Crippen LogP contribution in [0, 0.1) is 5.92 Å². The van der Waals surface area contributed by atoms with Crippen LogP contribution in [0.2, 0.25) is 0 Å². The molecule has 3 rings (SSSR count). The lowest BCUT2D eigenvalue weighted by atomic mass is 9.77. The second-order valence-electron chi connectivity index (χ2n) is 8.42. The first kappa shape index (κ1) is 25.4. The van der Waals surface area contributed by atoms with Gasteiger partial charge >= 0.3 is 12.3 Å². The van der Waals surface area contributed by atoms with Crippen LogP contribution in [0.5, 0.6) is 5.75 Å². The van der Waals surface area contributed by atoms with E-state index < -0.39 is 24.2 Å². The van der Waals surface area contributed by atoms with E-state index in [1.165, 1.54) is 30.5 Å². The second-order valence-corrected chi connectivity index (χ2v) is 8.42. The molecule has 0 bridgehead atoms. The molecule has 0 N–H and O–H groups in total. The van der Waals surface area contributed by atoms with Gasteiger partial charge in [-0.3, -0.25) is 0 Å². The van der Waals surface area contributed by atoms with Crippen LogP contribution in [0.4, 0.5) is 26.3 Å². The van der Waals surface area contributed by atoms with Crippen LogP contribution in [-0.4, -0.2) is 31.7 Å². The average molecular weight is 474 g/mol. The summed E-state index contributed by atoms with van der Waals surface area (Å²) in [5, 5.41) is 0. The van der Waals surface area contributed by atoms with E-state index in [1.54, 1.807) is 0 Å². The van der Waals surface area contributed by atoms with Crippen molar-refractivity contribution in [1.29, 1.82) is 0 Å². The zero-order chi connectivity index (χ0) is 24.1. The molecule has 2 aromatic rings. The van der Waals surface area contributed by atoms with Gasteiger partial charge in [-0.2, -0.15) is 22.0 Å². The van der Waals surface area contributed by atoms with Gasteiger partial charge in [0.15, 0.2) is 0 Å². The Labute approximate surface area is 189 Å². The Morgan fingerprint density at radius 3 is 1.91 bits per heavy atom. The lowest BCUT2D eigenvalue weighted by molar-refractivity contribution is -0.304. The summed E-state index contributed by atoms with van der Waals surface area (Å²) in [6, 6.07) is 13.1. The maximum Gasteiger partial charge on any atom is 0.439 e. The highest BCUT2D eigenvalue weighted by atomic mass is 19.4. The molecule has 182 valence electrons. The van der Waals surface area contributed by atoms with Crippen molar-refractivity contribution in [3.8, 4) is 16.9 Å². The van der Waals surface area contributed by atoms with Crippen LogP contribution in [0.1, 0.15) is 50.5 Å². The number of halogens is 6. The summed E-state index contributed by atoms with van der Waals surface area (Å²) < 4.78 is 86.0. The summed E-state index contributed by atoms with van der Waals surface area (Å²) in [7, 11) is 0. The quantitative estimate of drug-likeness (QED) is 0.271. The Bertz CT molecular complexity index is 856. The molecule has 1 atom stereocenters. The smallest absolute Gasteiger partial charge is 0.430 e. The van der Waals surface area contributed by atoms with Gasteiger partial charge in [0.1, 0.15) is 5.75 Å². The van der Waals surface area contributed by atoms with E-state index in [4.69, 9.17) is 4.74 Å². The molecule has 8 heteroatoms. The molecule has 33 heavy (non-hydrogen) atoms. The lowest BCUT2D eigenvalue weighted by Crippen LogP contribution is -2.45. The molecule has 0 aromatic heterocycles. The third-order valence-corrected chi connectivity index (χ3v) is 6.13. The summed E-state index contributed by atoms with van der Waals surface area (Å²) in [6.07, 6.45) is -9.41. The van der Waals surface area contributed by atoms with E-state index in [0.29, 0.717) is 17.4 Å². The van der Waals surface area contributed by atoms with E-state index in [1.807, 2.05) is 19.1 Å². The van der Waals surface area contributed by atoms with Gasteiger partial charge in [0, 0.05) is 13.2 Å². The average Bonchev–Trinajstić information content (AvgIpc) is 2.79. The minimum absolute atomic E-state index is 0.502. The largest absolute Gasteiger partial charge is 0.439 e. The lowest BCUT2D eigenvalue weighted by Gasteiger charge is -2.29. The molecular formula is C25H28F6O2. The van der Waals surface area contributed by atoms with Crippen molar-refractivity contribution in [2.24, 2.45) is 5.92 Å². The van der Waals surface area contributed by atoms with Crippen molar-refractivity contribution in [1.82, 2.24) is 0 Å². The van der Waals surface area contributed by atoms with Gasteiger partial charge in [0.25, 0.3) is 6.17 Å². The zero-order valence-corrected chi connectivity index (χ0v) is 18.4. The van der Waals surface area contributed by atoms with Crippen LogP contribution in [0.15, 0.2) is 48.5 Å². The molecule has 2 nitrogen and oxygen atoms in total. The Morgan fingerprint density at radius 2 is 1.39 bits per heavy atom. The van der Waals surface area contributed by atoms with E-state index in [9.17, 15) is 26.3 Å². The molecule has 1 fully saturated rings. The molecule has 0 aliphatic heterocycles. The summed E-state index contributed by atoms with van der Waals surface area (Å²) in [6.45, 7) is 3.57. The van der Waals surface area contributed by atoms with Gasteiger partial charge in [-0.05, 0) is 79.7 Å². The standard InChI is InChI=1S/C25H28F6O2/c1-2-32-16-15-17-3-5-18(6-4-17)19-7-9-20(10-8-19)21-11-13-22(14-12-21)33-25(30,31)23(26)24(27,28)29/h7-14,17-18,23H,2-6,15-16H2,1H3. The van der Waals surface area contributed by atoms with Crippen LogP contribution in [0.3, 0.4) is 0 Å². The van der Waals surface area contributed by atoms with Crippen molar-refractivity contribution in [3.63, 3.8) is 0 Å². The Hall–Kier alpha value is -2.22. The van der Waals surface area contributed by atoms with Crippen LogP contribution < -0.4 is 4.74 Å². The first-order chi connectivity index (χ1) is 15.6. The molecular weight excluding hydrogens is 446 g/mol. The molecule has 0 spiro atoms.